The molecule has 0 aromatic carbocycles. The summed E-state index contributed by atoms with van der Waals surface area (Å²) in [6.07, 6.45) is 3.35. The summed E-state index contributed by atoms with van der Waals surface area (Å²) in [6, 6.07) is 0. The quantitative estimate of drug-likeness (QED) is 0.248. The summed E-state index contributed by atoms with van der Waals surface area (Å²) >= 11 is 0. The van der Waals surface area contributed by atoms with E-state index in [-0.39, 0.29) is 55.2 Å². The van der Waals surface area contributed by atoms with Gasteiger partial charge in [-0.05, 0) is 34.4 Å². The van der Waals surface area contributed by atoms with Gasteiger partial charge in [0, 0.05) is 36.6 Å². The van der Waals surface area contributed by atoms with E-state index in [1.54, 1.807) is 7.11 Å². The van der Waals surface area contributed by atoms with Crippen LogP contribution in [0.3, 0.4) is 0 Å². The van der Waals surface area contributed by atoms with E-state index in [0.29, 0.717) is 0 Å². The Bertz CT molecular complexity index is 897. The number of rotatable bonds is 11. The standard InChI is InChI=1S/C29H53O8P/c1-17-19(3)34-25(23(17)36-22(31)16-15-21(30)32-11)27(5,6)29(9,10)38(13,14)37-24-18(2)20(4)35-26(24)28(7,8)33-12/h17-20,23-26H,13,15-16H2,1-12,14H3/t17-,18-,19-,20-,23-,24-,25?,26?,38?/m0/s1. The van der Waals surface area contributed by atoms with E-state index in [9.17, 15) is 9.59 Å². The summed E-state index contributed by atoms with van der Waals surface area (Å²) in [7, 11) is 0.660. The molecule has 9 atom stereocenters. The maximum Gasteiger partial charge on any atom is 0.306 e. The van der Waals surface area contributed by atoms with Crippen molar-refractivity contribution in [2.45, 2.75) is 129 Å². The molecule has 2 heterocycles. The van der Waals surface area contributed by atoms with Gasteiger partial charge in [-0.2, -0.15) is 0 Å². The summed E-state index contributed by atoms with van der Waals surface area (Å²) in [6.45, 7) is 23.1. The Kier molecular flexibility index (Phi) is 10.4. The molecule has 0 N–H and O–H groups in total. The van der Waals surface area contributed by atoms with E-state index in [2.05, 4.69) is 52.9 Å². The Morgan fingerprint density at radius 1 is 0.816 bits per heavy atom. The van der Waals surface area contributed by atoms with Gasteiger partial charge in [-0.25, -0.2) is 0 Å². The minimum atomic E-state index is -2.35. The molecule has 0 aromatic rings. The fraction of sp³-hybridized carbons (Fsp3) is 0.897. The summed E-state index contributed by atoms with van der Waals surface area (Å²) in [5, 5.41) is -0.432. The Labute approximate surface area is 230 Å². The lowest BCUT2D eigenvalue weighted by Crippen LogP contribution is -2.53. The number of hydrogen-bond acceptors (Lipinski definition) is 8. The first-order chi connectivity index (χ1) is 17.2. The molecule has 2 fully saturated rings. The Morgan fingerprint density at radius 3 is 1.79 bits per heavy atom. The Balaban J connectivity index is 2.33. The van der Waals surface area contributed by atoms with Crippen LogP contribution in [0.4, 0.5) is 0 Å². The number of methoxy groups -OCH3 is 2. The molecule has 2 aliphatic rings. The molecule has 9 heteroatoms. The third kappa shape index (κ3) is 6.35. The minimum Gasteiger partial charge on any atom is -0.469 e. The van der Waals surface area contributed by atoms with Crippen LogP contribution in [0.5, 0.6) is 0 Å². The van der Waals surface area contributed by atoms with Crippen molar-refractivity contribution in [1.29, 1.82) is 0 Å². The fourth-order valence-corrected chi connectivity index (χ4v) is 7.85. The number of carbonyl (C=O) groups excluding carboxylic acids is 2. The molecule has 0 spiro atoms. The molecule has 222 valence electrons. The SMILES string of the molecule is C=P(C)(O[C@@H]1C(C(C)(C)OC)O[C@@H](C)[C@@H]1C)C(C)(C)C(C)(C)C1O[C@@H](C)[C@H](C)[C@@H]1OC(=O)CCC(=O)OC. The number of ether oxygens (including phenoxy) is 5. The third-order valence-corrected chi connectivity index (χ3v) is 13.6. The average molecular weight is 561 g/mol. The molecule has 2 saturated heterocycles. The van der Waals surface area contributed by atoms with E-state index < -0.39 is 41.3 Å². The van der Waals surface area contributed by atoms with Crippen molar-refractivity contribution in [3.8, 4) is 0 Å². The van der Waals surface area contributed by atoms with Crippen molar-refractivity contribution in [2.24, 2.45) is 17.3 Å². The first kappa shape index (κ1) is 33.3. The molecule has 3 unspecified atom stereocenters. The molecule has 0 aliphatic carbocycles. The number of carbonyl (C=O) groups is 2. The zero-order valence-corrected chi connectivity index (χ0v) is 26.8. The highest BCUT2D eigenvalue weighted by atomic mass is 31.2. The molecule has 0 saturated carbocycles. The van der Waals surface area contributed by atoms with Crippen LogP contribution in [-0.2, 0) is 37.8 Å². The second kappa shape index (κ2) is 11.9. The molecule has 8 nitrogen and oxygen atoms in total. The highest BCUT2D eigenvalue weighted by molar-refractivity contribution is 7.70. The predicted molar refractivity (Wildman–Crippen MR) is 152 cm³/mol. The molecular formula is C29H53O8P. The maximum atomic E-state index is 12.7. The summed E-state index contributed by atoms with van der Waals surface area (Å²) < 4.78 is 36.3. The fourth-order valence-electron chi connectivity index (χ4n) is 5.40. The molecule has 0 bridgehead atoms. The highest BCUT2D eigenvalue weighted by Gasteiger charge is 2.59. The van der Waals surface area contributed by atoms with Gasteiger partial charge >= 0.3 is 11.9 Å². The maximum absolute atomic E-state index is 12.7. The van der Waals surface area contributed by atoms with Gasteiger partial charge in [0.15, 0.2) is 0 Å². The van der Waals surface area contributed by atoms with Crippen LogP contribution < -0.4 is 0 Å². The second-order valence-corrected chi connectivity index (χ2v) is 16.6. The van der Waals surface area contributed by atoms with E-state index in [0.717, 1.165) is 0 Å². The normalized spacial score (nSPS) is 34.1. The van der Waals surface area contributed by atoms with Crippen LogP contribution >= 0.6 is 7.11 Å². The van der Waals surface area contributed by atoms with Gasteiger partial charge in [-0.1, -0.05) is 47.8 Å². The van der Waals surface area contributed by atoms with Crippen molar-refractivity contribution < 1.29 is 37.8 Å². The second-order valence-electron chi connectivity index (χ2n) is 13.0. The minimum absolute atomic E-state index is 0.0107. The molecule has 0 radical (unpaired) electrons. The van der Waals surface area contributed by atoms with Gasteiger partial charge in [0.25, 0.3) is 0 Å². The van der Waals surface area contributed by atoms with Crippen LogP contribution in [0.25, 0.3) is 0 Å². The molecule has 38 heavy (non-hydrogen) atoms. The molecule has 0 amide bonds. The number of esters is 2. The Hall–Kier alpha value is -0.920. The first-order valence-corrected chi connectivity index (χ1v) is 16.1. The van der Waals surface area contributed by atoms with Crippen LogP contribution in [0.1, 0.15) is 82.1 Å². The summed E-state index contributed by atoms with van der Waals surface area (Å²) in [5.41, 5.74) is -1.00. The monoisotopic (exact) mass is 560 g/mol. The van der Waals surface area contributed by atoms with Crippen LogP contribution in [0.15, 0.2) is 0 Å². The van der Waals surface area contributed by atoms with E-state index in [1.807, 2.05) is 27.7 Å². The van der Waals surface area contributed by atoms with Crippen LogP contribution in [-0.4, -0.2) is 86.5 Å². The summed E-state index contributed by atoms with van der Waals surface area (Å²) in [4.78, 5) is 24.2. The predicted octanol–water partition coefficient (Wildman–Crippen LogP) is 5.31. The van der Waals surface area contributed by atoms with Crippen molar-refractivity contribution in [1.82, 2.24) is 0 Å². The lowest BCUT2D eigenvalue weighted by molar-refractivity contribution is -0.160. The molecule has 2 aliphatic heterocycles. The molecular weight excluding hydrogens is 507 g/mol. The molecule has 2 rings (SSSR count). The zero-order valence-electron chi connectivity index (χ0n) is 26.0. The largest absolute Gasteiger partial charge is 0.469 e. The average Bonchev–Trinajstić information content (AvgIpc) is 3.28. The van der Waals surface area contributed by atoms with Crippen molar-refractivity contribution in [3.05, 3.63) is 0 Å². The van der Waals surface area contributed by atoms with E-state index >= 15 is 0 Å². The van der Waals surface area contributed by atoms with Gasteiger partial charge in [0.1, 0.15) is 18.3 Å². The lowest BCUT2D eigenvalue weighted by atomic mass is 9.72. The zero-order chi connectivity index (χ0) is 29.4. The highest BCUT2D eigenvalue weighted by Crippen LogP contribution is 2.66. The summed E-state index contributed by atoms with van der Waals surface area (Å²) in [5.74, 6) is -0.708. The van der Waals surface area contributed by atoms with Crippen molar-refractivity contribution in [2.75, 3.05) is 20.9 Å². The van der Waals surface area contributed by atoms with Gasteiger partial charge in [0.2, 0.25) is 0 Å². The van der Waals surface area contributed by atoms with Gasteiger partial charge in [-0.15, -0.1) is 0 Å². The van der Waals surface area contributed by atoms with Crippen molar-refractivity contribution >= 4 is 25.4 Å². The van der Waals surface area contributed by atoms with E-state index in [1.165, 1.54) is 7.11 Å². The smallest absolute Gasteiger partial charge is 0.306 e. The topological polar surface area (TPSA) is 89.5 Å². The van der Waals surface area contributed by atoms with E-state index in [4.69, 9.17) is 29.8 Å². The van der Waals surface area contributed by atoms with Gasteiger partial charge in [0.05, 0.1) is 43.9 Å². The Morgan fingerprint density at radius 2 is 1.29 bits per heavy atom. The van der Waals surface area contributed by atoms with Gasteiger partial charge < -0.3 is 28.2 Å². The first-order valence-electron chi connectivity index (χ1n) is 13.8. The molecule has 0 aromatic heterocycles. The lowest BCUT2D eigenvalue weighted by Gasteiger charge is -2.53. The van der Waals surface area contributed by atoms with Crippen LogP contribution in [0, 0.1) is 17.3 Å². The van der Waals surface area contributed by atoms with Crippen LogP contribution in [0.2, 0.25) is 0 Å². The number of hydrogen-bond donors (Lipinski definition) is 0. The van der Waals surface area contributed by atoms with Crippen molar-refractivity contribution in [3.63, 3.8) is 0 Å². The van der Waals surface area contributed by atoms with Gasteiger partial charge in [-0.3, -0.25) is 9.59 Å². The third-order valence-electron chi connectivity index (χ3n) is 9.90.